The lowest BCUT2D eigenvalue weighted by atomic mass is 10.1. The first-order chi connectivity index (χ1) is 12.4. The van der Waals surface area contributed by atoms with Crippen LogP contribution in [0.25, 0.3) is 21.5 Å². The maximum Gasteiger partial charge on any atom is 0.425 e. The van der Waals surface area contributed by atoms with Gasteiger partial charge in [-0.05, 0) is 31.0 Å². The first-order valence-corrected chi connectivity index (χ1v) is 9.85. The molecule has 1 N–H and O–H groups in total. The fourth-order valence-electron chi connectivity index (χ4n) is 2.23. The van der Waals surface area contributed by atoms with Crippen molar-refractivity contribution in [1.82, 2.24) is 4.98 Å². The molecule has 0 aliphatic rings. The molecule has 2 aromatic heterocycles. The van der Waals surface area contributed by atoms with E-state index < -0.39 is 10.6 Å². The van der Waals surface area contributed by atoms with Crippen molar-refractivity contribution < 1.29 is 17.0 Å². The SMILES string of the molecule is CCCNc1ccc2cc(-c3nc(CC)cs3)c(=O)oc2c1.O=S(=O)=O. The van der Waals surface area contributed by atoms with Crippen LogP contribution in [0.4, 0.5) is 5.69 Å². The quantitative estimate of drug-likeness (QED) is 0.662. The number of thiazole rings is 1. The third-order valence-electron chi connectivity index (χ3n) is 3.46. The van der Waals surface area contributed by atoms with Gasteiger partial charge >= 0.3 is 16.2 Å². The zero-order valence-electron chi connectivity index (χ0n) is 14.3. The predicted molar refractivity (Wildman–Crippen MR) is 101 cm³/mol. The summed E-state index contributed by atoms with van der Waals surface area (Å²) in [5.74, 6) is 0. The average Bonchev–Trinajstić information content (AvgIpc) is 3.07. The number of benzene rings is 1. The summed E-state index contributed by atoms with van der Waals surface area (Å²) >= 11 is 1.48. The van der Waals surface area contributed by atoms with E-state index in [-0.39, 0.29) is 5.63 Å². The van der Waals surface area contributed by atoms with Crippen LogP contribution < -0.4 is 10.9 Å². The molecule has 3 aromatic rings. The topological polar surface area (TPSA) is 106 Å². The maximum atomic E-state index is 12.2. The summed E-state index contributed by atoms with van der Waals surface area (Å²) < 4.78 is 30.8. The van der Waals surface area contributed by atoms with Gasteiger partial charge in [0.15, 0.2) is 0 Å². The maximum absolute atomic E-state index is 12.2. The fraction of sp³-hybridized carbons (Fsp3) is 0.294. The molecule has 0 spiro atoms. The van der Waals surface area contributed by atoms with Crippen molar-refractivity contribution in [2.75, 3.05) is 11.9 Å². The van der Waals surface area contributed by atoms with E-state index in [4.69, 9.17) is 17.0 Å². The monoisotopic (exact) mass is 394 g/mol. The number of aromatic nitrogens is 1. The van der Waals surface area contributed by atoms with Crippen molar-refractivity contribution in [2.45, 2.75) is 26.7 Å². The molecule has 0 atom stereocenters. The summed E-state index contributed by atoms with van der Waals surface area (Å²) in [7, 11) is -3.11. The number of nitrogens with zero attached hydrogens (tertiary/aromatic N) is 1. The Bertz CT molecular complexity index is 1050. The lowest BCUT2D eigenvalue weighted by molar-refractivity contribution is 0.559. The van der Waals surface area contributed by atoms with Gasteiger partial charge in [-0.3, -0.25) is 0 Å². The first-order valence-electron chi connectivity index (χ1n) is 7.97. The molecule has 138 valence electrons. The summed E-state index contributed by atoms with van der Waals surface area (Å²) in [5, 5.41) is 6.90. The van der Waals surface area contributed by atoms with Gasteiger partial charge in [-0.2, -0.15) is 0 Å². The van der Waals surface area contributed by atoms with Crippen molar-refractivity contribution >= 4 is 38.6 Å². The van der Waals surface area contributed by atoms with Crippen LogP contribution in [-0.4, -0.2) is 24.2 Å². The molecule has 26 heavy (non-hydrogen) atoms. The zero-order valence-corrected chi connectivity index (χ0v) is 15.9. The standard InChI is InChI=1S/C17H18N2O2S.O3S/c1-3-7-18-13-6-5-11-8-14(17(20)21-15(11)9-13)16-19-12(4-2)10-22-16;1-4(2)3/h5-6,8-10,18H,3-4,7H2,1-2H3;. The van der Waals surface area contributed by atoms with Crippen molar-refractivity contribution in [3.05, 3.63) is 45.8 Å². The summed E-state index contributed by atoms with van der Waals surface area (Å²) in [4.78, 5) is 16.7. The van der Waals surface area contributed by atoms with E-state index in [0.717, 1.165) is 41.2 Å². The second-order valence-corrected chi connectivity index (χ2v) is 6.59. The van der Waals surface area contributed by atoms with Gasteiger partial charge in [-0.1, -0.05) is 13.8 Å². The van der Waals surface area contributed by atoms with E-state index in [9.17, 15) is 4.79 Å². The van der Waals surface area contributed by atoms with Gasteiger partial charge < -0.3 is 9.73 Å². The normalized spacial score (nSPS) is 10.2. The average molecular weight is 394 g/mol. The number of rotatable bonds is 5. The first kappa shape index (κ1) is 19.8. The van der Waals surface area contributed by atoms with Crippen LogP contribution in [0.15, 0.2) is 38.9 Å². The van der Waals surface area contributed by atoms with Gasteiger partial charge in [-0.25, -0.2) is 9.78 Å². The van der Waals surface area contributed by atoms with E-state index in [2.05, 4.69) is 17.2 Å². The molecule has 0 aliphatic heterocycles. The Kier molecular flexibility index (Phi) is 7.05. The minimum Gasteiger partial charge on any atom is -0.422 e. The largest absolute Gasteiger partial charge is 0.425 e. The number of fused-ring (bicyclic) bond motifs is 1. The van der Waals surface area contributed by atoms with Crippen LogP contribution in [0.1, 0.15) is 26.0 Å². The van der Waals surface area contributed by atoms with E-state index >= 15 is 0 Å². The molecule has 9 heteroatoms. The van der Waals surface area contributed by atoms with E-state index in [1.54, 1.807) is 0 Å². The highest BCUT2D eigenvalue weighted by Crippen LogP contribution is 2.26. The minimum atomic E-state index is -3.11. The molecular formula is C17H18N2O5S2. The lowest BCUT2D eigenvalue weighted by Gasteiger charge is -2.06. The number of aryl methyl sites for hydroxylation is 1. The Labute approximate surface area is 155 Å². The molecule has 1 aromatic carbocycles. The molecule has 0 unspecified atom stereocenters. The van der Waals surface area contributed by atoms with Crippen molar-refractivity contribution in [3.8, 4) is 10.6 Å². The molecular weight excluding hydrogens is 376 g/mol. The molecule has 0 saturated carbocycles. The lowest BCUT2D eigenvalue weighted by Crippen LogP contribution is -2.03. The number of anilines is 1. The second kappa shape index (κ2) is 9.25. The summed E-state index contributed by atoms with van der Waals surface area (Å²) in [6.07, 6.45) is 1.91. The van der Waals surface area contributed by atoms with Crippen molar-refractivity contribution in [3.63, 3.8) is 0 Å². The number of nitrogens with one attached hydrogen (secondary N) is 1. The van der Waals surface area contributed by atoms with Gasteiger partial charge in [0.1, 0.15) is 10.6 Å². The molecule has 0 saturated heterocycles. The summed E-state index contributed by atoms with van der Waals surface area (Å²) in [6, 6.07) is 7.70. The van der Waals surface area contributed by atoms with E-state index in [1.807, 2.05) is 36.6 Å². The Morgan fingerprint density at radius 1 is 1.19 bits per heavy atom. The van der Waals surface area contributed by atoms with E-state index in [1.165, 1.54) is 11.3 Å². The Hall–Kier alpha value is -2.52. The molecule has 3 rings (SSSR count). The van der Waals surface area contributed by atoms with Crippen LogP contribution in [0, 0.1) is 0 Å². The van der Waals surface area contributed by atoms with Gasteiger partial charge in [-0.15, -0.1) is 24.0 Å². The second-order valence-electron chi connectivity index (χ2n) is 5.33. The summed E-state index contributed by atoms with van der Waals surface area (Å²) in [6.45, 7) is 5.05. The highest BCUT2D eigenvalue weighted by atomic mass is 32.2. The third kappa shape index (κ3) is 5.24. The van der Waals surface area contributed by atoms with Crippen molar-refractivity contribution in [1.29, 1.82) is 0 Å². The van der Waals surface area contributed by atoms with Gasteiger partial charge in [0.05, 0.1) is 11.3 Å². The fourth-order valence-corrected chi connectivity index (χ4v) is 3.14. The minimum absolute atomic E-state index is 0.336. The van der Waals surface area contributed by atoms with Crippen LogP contribution in [0.2, 0.25) is 0 Å². The summed E-state index contributed by atoms with van der Waals surface area (Å²) in [5.41, 5.74) is 2.76. The van der Waals surface area contributed by atoms with Crippen molar-refractivity contribution in [2.24, 2.45) is 0 Å². The molecule has 0 amide bonds. The number of hydrogen-bond donors (Lipinski definition) is 1. The molecule has 0 fully saturated rings. The third-order valence-corrected chi connectivity index (χ3v) is 4.38. The van der Waals surface area contributed by atoms with Gasteiger partial charge in [0.2, 0.25) is 0 Å². The van der Waals surface area contributed by atoms with Crippen LogP contribution in [0.5, 0.6) is 0 Å². The van der Waals surface area contributed by atoms with Gasteiger partial charge in [0, 0.05) is 29.1 Å². The zero-order chi connectivity index (χ0) is 19.1. The Morgan fingerprint density at radius 3 is 2.54 bits per heavy atom. The molecule has 0 aliphatic carbocycles. The van der Waals surface area contributed by atoms with E-state index in [0.29, 0.717) is 11.1 Å². The number of hydrogen-bond acceptors (Lipinski definition) is 8. The smallest absolute Gasteiger partial charge is 0.422 e. The molecule has 7 nitrogen and oxygen atoms in total. The Balaban J connectivity index is 0.000000552. The molecule has 0 radical (unpaired) electrons. The molecule has 2 heterocycles. The highest BCUT2D eigenvalue weighted by molar-refractivity contribution is 7.59. The predicted octanol–water partition coefficient (Wildman–Crippen LogP) is 3.30. The van der Waals surface area contributed by atoms with Gasteiger partial charge in [0.25, 0.3) is 0 Å². The van der Waals surface area contributed by atoms with Crippen LogP contribution in [-0.2, 0) is 17.0 Å². The molecule has 0 bridgehead atoms. The highest BCUT2D eigenvalue weighted by Gasteiger charge is 2.11. The van der Waals surface area contributed by atoms with Crippen LogP contribution in [0.3, 0.4) is 0 Å². The van der Waals surface area contributed by atoms with Crippen LogP contribution >= 0.6 is 11.3 Å². The Morgan fingerprint density at radius 2 is 1.92 bits per heavy atom.